The molecule has 78 valence electrons. The zero-order valence-corrected chi connectivity index (χ0v) is 8.27. The van der Waals surface area contributed by atoms with E-state index < -0.39 is 0 Å². The molecule has 1 aromatic carbocycles. The van der Waals surface area contributed by atoms with Gasteiger partial charge in [-0.05, 0) is 18.6 Å². The van der Waals surface area contributed by atoms with E-state index in [4.69, 9.17) is 4.74 Å². The summed E-state index contributed by atoms with van der Waals surface area (Å²) < 4.78 is 4.87. The lowest BCUT2D eigenvalue weighted by Crippen LogP contribution is -2.24. The van der Waals surface area contributed by atoms with Gasteiger partial charge in [0.15, 0.2) is 0 Å². The van der Waals surface area contributed by atoms with Crippen LogP contribution in [0.5, 0.6) is 0 Å². The SMILES string of the molecule is O=C1OCCC/C1=N\Nc1ccccc1. The molecule has 1 N–H and O–H groups in total. The first-order valence-electron chi connectivity index (χ1n) is 4.91. The van der Waals surface area contributed by atoms with Gasteiger partial charge in [0.25, 0.3) is 0 Å². The largest absolute Gasteiger partial charge is 0.461 e. The Morgan fingerprint density at radius 2 is 2.07 bits per heavy atom. The minimum absolute atomic E-state index is 0.315. The van der Waals surface area contributed by atoms with Crippen LogP contribution in [0.2, 0.25) is 0 Å². The number of anilines is 1. The van der Waals surface area contributed by atoms with Gasteiger partial charge in [-0.1, -0.05) is 18.2 Å². The lowest BCUT2D eigenvalue weighted by Gasteiger charge is -2.12. The van der Waals surface area contributed by atoms with Crippen LogP contribution in [0.3, 0.4) is 0 Å². The number of carbonyl (C=O) groups is 1. The molecule has 1 saturated heterocycles. The van der Waals surface area contributed by atoms with Gasteiger partial charge in [0, 0.05) is 6.42 Å². The van der Waals surface area contributed by atoms with E-state index >= 15 is 0 Å². The highest BCUT2D eigenvalue weighted by atomic mass is 16.5. The molecule has 0 atom stereocenters. The van der Waals surface area contributed by atoms with E-state index in [0.717, 1.165) is 12.1 Å². The predicted octanol–water partition coefficient (Wildman–Crippen LogP) is 1.79. The van der Waals surface area contributed by atoms with Crippen molar-refractivity contribution >= 4 is 17.4 Å². The lowest BCUT2D eigenvalue weighted by atomic mass is 10.2. The molecule has 0 aromatic heterocycles. The van der Waals surface area contributed by atoms with E-state index in [1.807, 2.05) is 30.3 Å². The van der Waals surface area contributed by atoms with Crippen molar-refractivity contribution < 1.29 is 9.53 Å². The van der Waals surface area contributed by atoms with Crippen LogP contribution in [0.1, 0.15) is 12.8 Å². The zero-order chi connectivity index (χ0) is 10.5. The number of nitrogens with one attached hydrogen (secondary N) is 1. The number of para-hydroxylation sites is 1. The van der Waals surface area contributed by atoms with Crippen molar-refractivity contribution in [3.63, 3.8) is 0 Å². The van der Waals surface area contributed by atoms with Crippen molar-refractivity contribution in [2.24, 2.45) is 5.10 Å². The molecule has 15 heavy (non-hydrogen) atoms. The number of hydrogen-bond acceptors (Lipinski definition) is 4. The molecule has 0 radical (unpaired) electrons. The van der Waals surface area contributed by atoms with Gasteiger partial charge < -0.3 is 4.74 Å². The smallest absolute Gasteiger partial charge is 0.354 e. The lowest BCUT2D eigenvalue weighted by molar-refractivity contribution is -0.137. The zero-order valence-electron chi connectivity index (χ0n) is 8.27. The van der Waals surface area contributed by atoms with Gasteiger partial charge in [-0.2, -0.15) is 5.10 Å². The highest BCUT2D eigenvalue weighted by molar-refractivity contribution is 6.36. The highest BCUT2D eigenvalue weighted by Gasteiger charge is 2.17. The molecular formula is C11H12N2O2. The Morgan fingerprint density at radius 3 is 2.80 bits per heavy atom. The summed E-state index contributed by atoms with van der Waals surface area (Å²) >= 11 is 0. The van der Waals surface area contributed by atoms with Crippen LogP contribution >= 0.6 is 0 Å². The van der Waals surface area contributed by atoms with E-state index in [0.29, 0.717) is 18.7 Å². The Labute approximate surface area is 87.9 Å². The molecule has 4 heteroatoms. The summed E-state index contributed by atoms with van der Waals surface area (Å²) in [6, 6.07) is 9.51. The van der Waals surface area contributed by atoms with Gasteiger partial charge in [0.05, 0.1) is 12.3 Å². The standard InChI is InChI=1S/C11H12N2O2/c14-11-10(7-4-8-15-11)13-12-9-5-2-1-3-6-9/h1-3,5-6,12H,4,7-8H2/b13-10+. The third-order valence-electron chi connectivity index (χ3n) is 2.12. The van der Waals surface area contributed by atoms with Gasteiger partial charge in [-0.25, -0.2) is 4.79 Å². The van der Waals surface area contributed by atoms with Crippen molar-refractivity contribution in [2.45, 2.75) is 12.8 Å². The van der Waals surface area contributed by atoms with Gasteiger partial charge in [-0.3, -0.25) is 5.43 Å². The topological polar surface area (TPSA) is 50.7 Å². The number of hydrazone groups is 1. The van der Waals surface area contributed by atoms with Crippen LogP contribution in [0.4, 0.5) is 5.69 Å². The first kappa shape index (κ1) is 9.71. The van der Waals surface area contributed by atoms with E-state index in [1.165, 1.54) is 0 Å². The molecule has 1 aliphatic heterocycles. The molecule has 0 bridgehead atoms. The quantitative estimate of drug-likeness (QED) is 0.590. The summed E-state index contributed by atoms with van der Waals surface area (Å²) in [5.41, 5.74) is 4.16. The second kappa shape index (κ2) is 4.59. The number of ether oxygens (including phenoxy) is 1. The number of rotatable bonds is 2. The Balaban J connectivity index is 2.01. The average molecular weight is 204 g/mol. The maximum Gasteiger partial charge on any atom is 0.354 e. The number of cyclic esters (lactones) is 1. The predicted molar refractivity (Wildman–Crippen MR) is 57.7 cm³/mol. The number of hydrogen-bond donors (Lipinski definition) is 1. The molecule has 1 heterocycles. The summed E-state index contributed by atoms with van der Waals surface area (Å²) in [6.45, 7) is 0.503. The molecule has 0 amide bonds. The maximum atomic E-state index is 11.2. The molecule has 0 spiro atoms. The second-order valence-electron chi connectivity index (χ2n) is 3.28. The Hall–Kier alpha value is -1.84. The maximum absolute atomic E-state index is 11.2. The number of benzene rings is 1. The first-order chi connectivity index (χ1) is 7.36. The fraction of sp³-hybridized carbons (Fsp3) is 0.273. The molecule has 2 rings (SSSR count). The molecule has 0 aliphatic carbocycles. The second-order valence-corrected chi connectivity index (χ2v) is 3.28. The summed E-state index contributed by atoms with van der Waals surface area (Å²) in [6.07, 6.45) is 1.53. The molecule has 1 fully saturated rings. The minimum atomic E-state index is -0.315. The summed E-state index contributed by atoms with van der Waals surface area (Å²) in [4.78, 5) is 11.2. The van der Waals surface area contributed by atoms with Crippen molar-refractivity contribution in [1.82, 2.24) is 0 Å². The third kappa shape index (κ3) is 2.56. The van der Waals surface area contributed by atoms with Crippen molar-refractivity contribution in [2.75, 3.05) is 12.0 Å². The van der Waals surface area contributed by atoms with Gasteiger partial charge in [0.1, 0.15) is 5.71 Å². The number of esters is 1. The summed E-state index contributed by atoms with van der Waals surface area (Å²) in [7, 11) is 0. The van der Waals surface area contributed by atoms with Crippen LogP contribution in [-0.4, -0.2) is 18.3 Å². The van der Waals surface area contributed by atoms with E-state index in [9.17, 15) is 4.79 Å². The van der Waals surface area contributed by atoms with E-state index in [2.05, 4.69) is 10.5 Å². The Bertz CT molecular complexity index is 373. The molecular weight excluding hydrogens is 192 g/mol. The summed E-state index contributed by atoms with van der Waals surface area (Å²) in [5.74, 6) is -0.315. The number of nitrogens with zero attached hydrogens (tertiary/aromatic N) is 1. The van der Waals surface area contributed by atoms with Crippen LogP contribution in [-0.2, 0) is 9.53 Å². The van der Waals surface area contributed by atoms with Crippen molar-refractivity contribution in [3.8, 4) is 0 Å². The van der Waals surface area contributed by atoms with Crippen LogP contribution < -0.4 is 5.43 Å². The Morgan fingerprint density at radius 1 is 1.27 bits per heavy atom. The number of carbonyl (C=O) groups excluding carboxylic acids is 1. The van der Waals surface area contributed by atoms with E-state index in [1.54, 1.807) is 0 Å². The molecule has 0 unspecified atom stereocenters. The van der Waals surface area contributed by atoms with E-state index in [-0.39, 0.29) is 5.97 Å². The van der Waals surface area contributed by atoms with Gasteiger partial charge in [-0.15, -0.1) is 0 Å². The highest BCUT2D eigenvalue weighted by Crippen LogP contribution is 2.08. The third-order valence-corrected chi connectivity index (χ3v) is 2.12. The van der Waals surface area contributed by atoms with Gasteiger partial charge in [0.2, 0.25) is 0 Å². The molecule has 1 aliphatic rings. The first-order valence-corrected chi connectivity index (χ1v) is 4.91. The van der Waals surface area contributed by atoms with Crippen molar-refractivity contribution in [1.29, 1.82) is 0 Å². The average Bonchev–Trinajstić information content (AvgIpc) is 2.29. The summed E-state index contributed by atoms with van der Waals surface area (Å²) in [5, 5.41) is 4.03. The van der Waals surface area contributed by atoms with Crippen LogP contribution in [0.15, 0.2) is 35.4 Å². The van der Waals surface area contributed by atoms with Gasteiger partial charge >= 0.3 is 5.97 Å². The molecule has 1 aromatic rings. The molecule has 0 saturated carbocycles. The Kier molecular flexibility index (Phi) is 2.97. The minimum Gasteiger partial charge on any atom is -0.461 e. The fourth-order valence-corrected chi connectivity index (χ4v) is 1.34. The van der Waals surface area contributed by atoms with Crippen molar-refractivity contribution in [3.05, 3.63) is 30.3 Å². The normalized spacial score (nSPS) is 18.7. The van der Waals surface area contributed by atoms with Crippen LogP contribution in [0.25, 0.3) is 0 Å². The monoisotopic (exact) mass is 204 g/mol. The fourth-order valence-electron chi connectivity index (χ4n) is 1.34. The molecule has 4 nitrogen and oxygen atoms in total. The van der Waals surface area contributed by atoms with Crippen LogP contribution in [0, 0.1) is 0 Å².